The number of halogens is 2. The number of fused-ring (bicyclic) bond motifs is 1. The molecule has 2 nitrogen and oxygen atoms in total. The first kappa shape index (κ1) is 14.4. The summed E-state index contributed by atoms with van der Waals surface area (Å²) in [7, 11) is 0. The molecule has 0 saturated heterocycles. The second-order valence-corrected chi connectivity index (χ2v) is 6.51. The van der Waals surface area contributed by atoms with Crippen LogP contribution in [-0.2, 0) is 0 Å². The molecular weight excluding hydrogens is 355 g/mol. The topological polar surface area (TPSA) is 37.3 Å². The zero-order valence-corrected chi connectivity index (χ0v) is 13.2. The third-order valence-corrected chi connectivity index (χ3v) is 4.93. The van der Waals surface area contributed by atoms with Gasteiger partial charge in [0.1, 0.15) is 11.6 Å². The summed E-state index contributed by atoms with van der Waals surface area (Å²) in [6.45, 7) is 0. The molecule has 0 unspecified atom stereocenters. The number of Topliss-reactive ketones (excluding diaryl/α,β-unsaturated/α-hetero) is 1. The van der Waals surface area contributed by atoms with Crippen LogP contribution in [0.3, 0.4) is 0 Å². The lowest BCUT2D eigenvalue weighted by Gasteiger charge is -2.17. The normalized spacial score (nSPS) is 16.1. The molecule has 0 aromatic heterocycles. The standard InChI is InChI=1S/C16H10BrFO2S/c17-13-6-9(1-3-14(13)19)5-10-8-21-15-4-2-11(18)7-12(15)16(10)20/h1-7,19H,8H2/b10-5+. The lowest BCUT2D eigenvalue weighted by Crippen LogP contribution is -2.12. The van der Waals surface area contributed by atoms with Gasteiger partial charge in [-0.3, -0.25) is 4.79 Å². The minimum Gasteiger partial charge on any atom is -0.507 e. The number of rotatable bonds is 1. The highest BCUT2D eigenvalue weighted by atomic mass is 79.9. The van der Waals surface area contributed by atoms with E-state index in [0.29, 0.717) is 21.4 Å². The Morgan fingerprint density at radius 2 is 2.05 bits per heavy atom. The fraction of sp³-hybridized carbons (Fsp3) is 0.0625. The van der Waals surface area contributed by atoms with E-state index in [2.05, 4.69) is 15.9 Å². The van der Waals surface area contributed by atoms with Gasteiger partial charge in [-0.25, -0.2) is 4.39 Å². The van der Waals surface area contributed by atoms with Gasteiger partial charge >= 0.3 is 0 Å². The van der Waals surface area contributed by atoms with Gasteiger partial charge in [-0.05, 0) is 57.9 Å². The molecular formula is C16H10BrFO2S. The number of phenols is 1. The first-order valence-electron chi connectivity index (χ1n) is 6.21. The number of carbonyl (C=O) groups excluding carboxylic acids is 1. The van der Waals surface area contributed by atoms with Crippen molar-refractivity contribution in [3.05, 3.63) is 63.4 Å². The third kappa shape index (κ3) is 2.89. The van der Waals surface area contributed by atoms with E-state index in [-0.39, 0.29) is 11.5 Å². The second-order valence-electron chi connectivity index (χ2n) is 4.64. The molecule has 1 heterocycles. The van der Waals surface area contributed by atoms with Crippen LogP contribution in [0.25, 0.3) is 6.08 Å². The van der Waals surface area contributed by atoms with Crippen LogP contribution in [-0.4, -0.2) is 16.6 Å². The molecule has 2 aromatic rings. The van der Waals surface area contributed by atoms with E-state index in [1.807, 2.05) is 0 Å². The number of ketones is 1. The predicted molar refractivity (Wildman–Crippen MR) is 85.2 cm³/mol. The molecule has 3 rings (SSSR count). The van der Waals surface area contributed by atoms with E-state index in [0.717, 1.165) is 10.5 Å². The van der Waals surface area contributed by atoms with Crippen molar-refractivity contribution in [3.63, 3.8) is 0 Å². The summed E-state index contributed by atoms with van der Waals surface area (Å²) in [6, 6.07) is 9.31. The number of phenolic OH excluding ortho intramolecular Hbond substituents is 1. The van der Waals surface area contributed by atoms with E-state index in [1.165, 1.54) is 23.9 Å². The summed E-state index contributed by atoms with van der Waals surface area (Å²) in [4.78, 5) is 13.2. The molecule has 0 saturated carbocycles. The Bertz CT molecular complexity index is 771. The summed E-state index contributed by atoms with van der Waals surface area (Å²) >= 11 is 4.76. The Hall–Kier alpha value is -1.59. The zero-order chi connectivity index (χ0) is 15.0. The molecule has 1 aliphatic heterocycles. The molecule has 106 valence electrons. The summed E-state index contributed by atoms with van der Waals surface area (Å²) in [5.74, 6) is 0.147. The maximum atomic E-state index is 13.3. The molecule has 5 heteroatoms. The van der Waals surface area contributed by atoms with Gasteiger partial charge in [0.15, 0.2) is 5.78 Å². The van der Waals surface area contributed by atoms with Crippen molar-refractivity contribution in [2.24, 2.45) is 0 Å². The quantitative estimate of drug-likeness (QED) is 0.747. The zero-order valence-electron chi connectivity index (χ0n) is 10.8. The Kier molecular flexibility index (Phi) is 3.87. The highest BCUT2D eigenvalue weighted by molar-refractivity contribution is 9.10. The summed E-state index contributed by atoms with van der Waals surface area (Å²) in [5, 5.41) is 9.48. The van der Waals surface area contributed by atoms with Gasteiger partial charge in [0.2, 0.25) is 0 Å². The fourth-order valence-corrected chi connectivity index (χ4v) is 3.51. The summed E-state index contributed by atoms with van der Waals surface area (Å²) < 4.78 is 13.9. The van der Waals surface area contributed by atoms with Gasteiger partial charge in [-0.2, -0.15) is 0 Å². The molecule has 0 atom stereocenters. The largest absolute Gasteiger partial charge is 0.507 e. The smallest absolute Gasteiger partial charge is 0.191 e. The van der Waals surface area contributed by atoms with E-state index < -0.39 is 5.82 Å². The van der Waals surface area contributed by atoms with Crippen LogP contribution in [0.5, 0.6) is 5.75 Å². The molecule has 1 N–H and O–H groups in total. The molecule has 0 radical (unpaired) electrons. The van der Waals surface area contributed by atoms with E-state index >= 15 is 0 Å². The molecule has 0 aliphatic carbocycles. The number of carbonyl (C=O) groups is 1. The summed E-state index contributed by atoms with van der Waals surface area (Å²) in [5.41, 5.74) is 1.84. The van der Waals surface area contributed by atoms with Crippen LogP contribution in [0.1, 0.15) is 15.9 Å². The lowest BCUT2D eigenvalue weighted by atomic mass is 10.0. The van der Waals surface area contributed by atoms with Crippen LogP contribution >= 0.6 is 27.7 Å². The lowest BCUT2D eigenvalue weighted by molar-refractivity contribution is 0.103. The highest BCUT2D eigenvalue weighted by Gasteiger charge is 2.22. The average molecular weight is 365 g/mol. The first-order valence-corrected chi connectivity index (χ1v) is 7.98. The minimum absolute atomic E-state index is 0.146. The molecule has 21 heavy (non-hydrogen) atoms. The van der Waals surface area contributed by atoms with E-state index in [1.54, 1.807) is 30.3 Å². The van der Waals surface area contributed by atoms with Crippen molar-refractivity contribution in [3.8, 4) is 5.75 Å². The number of hydrogen-bond donors (Lipinski definition) is 1. The Morgan fingerprint density at radius 1 is 1.24 bits per heavy atom. The van der Waals surface area contributed by atoms with Crippen molar-refractivity contribution in [2.75, 3.05) is 5.75 Å². The van der Waals surface area contributed by atoms with Gasteiger partial charge in [0.25, 0.3) is 0 Å². The van der Waals surface area contributed by atoms with E-state index in [9.17, 15) is 14.3 Å². The Balaban J connectivity index is 1.99. The average Bonchev–Trinajstić information content (AvgIpc) is 2.46. The van der Waals surface area contributed by atoms with Crippen molar-refractivity contribution in [1.82, 2.24) is 0 Å². The fourth-order valence-electron chi connectivity index (χ4n) is 2.12. The first-order chi connectivity index (χ1) is 10.0. The number of hydrogen-bond acceptors (Lipinski definition) is 3. The highest BCUT2D eigenvalue weighted by Crippen LogP contribution is 2.34. The van der Waals surface area contributed by atoms with Crippen molar-refractivity contribution in [2.45, 2.75) is 4.90 Å². The molecule has 0 bridgehead atoms. The van der Waals surface area contributed by atoms with Crippen molar-refractivity contribution < 1.29 is 14.3 Å². The molecule has 0 amide bonds. The van der Waals surface area contributed by atoms with Crippen LogP contribution in [0.4, 0.5) is 4.39 Å². The van der Waals surface area contributed by atoms with Crippen LogP contribution in [0.2, 0.25) is 0 Å². The molecule has 1 aliphatic rings. The predicted octanol–water partition coefficient (Wildman–Crippen LogP) is 4.67. The molecule has 0 spiro atoms. The maximum absolute atomic E-state index is 13.3. The number of thioether (sulfide) groups is 1. The SMILES string of the molecule is O=C1/C(=C/c2ccc(O)c(Br)c2)CSc2ccc(F)cc21. The number of aromatic hydroxyl groups is 1. The van der Waals surface area contributed by atoms with Crippen LogP contribution in [0.15, 0.2) is 51.3 Å². The van der Waals surface area contributed by atoms with Gasteiger partial charge in [-0.15, -0.1) is 11.8 Å². The van der Waals surface area contributed by atoms with Crippen molar-refractivity contribution >= 4 is 39.6 Å². The molecule has 2 aromatic carbocycles. The van der Waals surface area contributed by atoms with Crippen molar-refractivity contribution in [1.29, 1.82) is 0 Å². The van der Waals surface area contributed by atoms with Gasteiger partial charge < -0.3 is 5.11 Å². The Morgan fingerprint density at radius 3 is 2.81 bits per heavy atom. The molecule has 0 fully saturated rings. The Labute approximate surface area is 133 Å². The maximum Gasteiger partial charge on any atom is 0.191 e. The monoisotopic (exact) mass is 364 g/mol. The summed E-state index contributed by atoms with van der Waals surface area (Å²) in [6.07, 6.45) is 1.77. The van der Waals surface area contributed by atoms with Crippen LogP contribution in [0, 0.1) is 5.82 Å². The second kappa shape index (κ2) is 5.66. The third-order valence-electron chi connectivity index (χ3n) is 3.17. The van der Waals surface area contributed by atoms with E-state index in [4.69, 9.17) is 0 Å². The van der Waals surface area contributed by atoms with Gasteiger partial charge in [0, 0.05) is 21.8 Å². The van der Waals surface area contributed by atoms with Gasteiger partial charge in [-0.1, -0.05) is 6.07 Å². The minimum atomic E-state index is -0.406. The number of benzene rings is 2. The van der Waals surface area contributed by atoms with Gasteiger partial charge in [0.05, 0.1) is 4.47 Å². The van der Waals surface area contributed by atoms with Crippen LogP contribution < -0.4 is 0 Å².